The number of benzene rings is 1. The molecule has 1 aromatic heterocycles. The van der Waals surface area contributed by atoms with Gasteiger partial charge in [-0.05, 0) is 52.0 Å². The Hall–Kier alpha value is -1.66. The summed E-state index contributed by atoms with van der Waals surface area (Å²) in [6.45, 7) is 4.10. The summed E-state index contributed by atoms with van der Waals surface area (Å²) in [5.41, 5.74) is 2.30. The highest BCUT2D eigenvalue weighted by Crippen LogP contribution is 2.36. The van der Waals surface area contributed by atoms with Gasteiger partial charge in [0.2, 0.25) is 0 Å². The largest absolute Gasteiger partial charge is 0.481 e. The molecule has 0 unspecified atom stereocenters. The van der Waals surface area contributed by atoms with E-state index in [9.17, 15) is 9.59 Å². The van der Waals surface area contributed by atoms with Crippen LogP contribution in [0.15, 0.2) is 34.1 Å². The second-order valence-electron chi connectivity index (χ2n) is 5.53. The lowest BCUT2D eigenvalue weighted by molar-refractivity contribution is -0.136. The lowest BCUT2D eigenvalue weighted by Crippen LogP contribution is -2.33. The van der Waals surface area contributed by atoms with Gasteiger partial charge in [0, 0.05) is 26.3 Å². The van der Waals surface area contributed by atoms with Crippen LogP contribution in [-0.4, -0.2) is 23.0 Å². The van der Waals surface area contributed by atoms with Crippen LogP contribution in [0.5, 0.6) is 0 Å². The number of carboxylic acid groups (broad SMARTS) is 1. The van der Waals surface area contributed by atoms with E-state index in [1.807, 2.05) is 17.5 Å². The van der Waals surface area contributed by atoms with Crippen molar-refractivity contribution in [2.24, 2.45) is 0 Å². The summed E-state index contributed by atoms with van der Waals surface area (Å²) in [6.07, 6.45) is 1.78. The van der Waals surface area contributed by atoms with Gasteiger partial charge in [-0.25, -0.2) is 0 Å². The highest BCUT2D eigenvalue weighted by atomic mass is 79.9. The first-order chi connectivity index (χ1) is 11.5. The van der Waals surface area contributed by atoms with E-state index in [4.69, 9.17) is 5.11 Å². The second kappa shape index (κ2) is 8.44. The van der Waals surface area contributed by atoms with Crippen molar-refractivity contribution < 1.29 is 14.7 Å². The van der Waals surface area contributed by atoms with Crippen LogP contribution in [0, 0.1) is 0 Å². The molecule has 1 amide bonds. The number of thiophene rings is 1. The molecule has 128 valence electrons. The summed E-state index contributed by atoms with van der Waals surface area (Å²) >= 11 is 4.90. The van der Waals surface area contributed by atoms with Gasteiger partial charge in [0.05, 0.1) is 6.42 Å². The Kier molecular flexibility index (Phi) is 6.57. The molecular formula is C18H20BrNO3S. The summed E-state index contributed by atoms with van der Waals surface area (Å²) in [5.74, 6) is -0.940. The minimum Gasteiger partial charge on any atom is -0.481 e. The molecule has 6 heteroatoms. The molecule has 24 heavy (non-hydrogen) atoms. The maximum atomic E-state index is 12.2. The van der Waals surface area contributed by atoms with Gasteiger partial charge < -0.3 is 10.4 Å². The number of halogens is 1. The number of hydrogen-bond acceptors (Lipinski definition) is 3. The van der Waals surface area contributed by atoms with Crippen molar-refractivity contribution in [3.8, 4) is 10.4 Å². The summed E-state index contributed by atoms with van der Waals surface area (Å²) < 4.78 is 0.806. The first-order valence-electron chi connectivity index (χ1n) is 7.85. The molecule has 0 aliphatic rings. The molecule has 0 saturated heterocycles. The molecule has 4 nitrogen and oxygen atoms in total. The van der Waals surface area contributed by atoms with E-state index in [0.717, 1.165) is 33.3 Å². The smallest absolute Gasteiger partial charge is 0.307 e. The fourth-order valence-electron chi connectivity index (χ4n) is 2.45. The van der Waals surface area contributed by atoms with Gasteiger partial charge in [-0.1, -0.05) is 26.0 Å². The Labute approximate surface area is 154 Å². The van der Waals surface area contributed by atoms with Gasteiger partial charge in [-0.15, -0.1) is 11.3 Å². The van der Waals surface area contributed by atoms with Crippen molar-refractivity contribution in [1.82, 2.24) is 5.32 Å². The van der Waals surface area contributed by atoms with Crippen molar-refractivity contribution in [2.45, 2.75) is 39.2 Å². The van der Waals surface area contributed by atoms with Crippen molar-refractivity contribution in [1.29, 1.82) is 0 Å². The maximum Gasteiger partial charge on any atom is 0.307 e. The van der Waals surface area contributed by atoms with E-state index in [1.54, 1.807) is 12.1 Å². The number of amides is 1. The fourth-order valence-corrected chi connectivity index (χ4v) is 4.16. The van der Waals surface area contributed by atoms with E-state index < -0.39 is 5.97 Å². The molecule has 2 N–H and O–H groups in total. The fraction of sp³-hybridized carbons (Fsp3) is 0.333. The zero-order valence-corrected chi connectivity index (χ0v) is 16.0. The van der Waals surface area contributed by atoms with Crippen molar-refractivity contribution >= 4 is 39.1 Å². The zero-order valence-electron chi connectivity index (χ0n) is 13.6. The molecule has 0 aliphatic carbocycles. The molecule has 0 saturated carbocycles. The van der Waals surface area contributed by atoms with Crippen molar-refractivity contribution in [3.63, 3.8) is 0 Å². The van der Waals surface area contributed by atoms with Crippen molar-refractivity contribution in [2.75, 3.05) is 0 Å². The summed E-state index contributed by atoms with van der Waals surface area (Å²) in [5, 5.41) is 14.0. The molecule has 0 atom stereocenters. The quantitative estimate of drug-likeness (QED) is 0.694. The Bertz CT molecular complexity index is 720. The van der Waals surface area contributed by atoms with E-state index in [0.29, 0.717) is 5.56 Å². The average molecular weight is 410 g/mol. The molecule has 1 heterocycles. The molecule has 1 aromatic carbocycles. The van der Waals surface area contributed by atoms with Crippen LogP contribution in [0.1, 0.15) is 42.6 Å². The summed E-state index contributed by atoms with van der Waals surface area (Å²) in [6, 6.07) is 7.49. The van der Waals surface area contributed by atoms with E-state index in [1.165, 1.54) is 11.3 Å². The third-order valence-corrected chi connectivity index (χ3v) is 5.98. The Balaban J connectivity index is 2.21. The SMILES string of the molecule is CCC(CC)NC(=O)c1ccc(-c2scc(Br)c2CC(=O)O)cc1. The Morgan fingerprint density at radius 1 is 1.21 bits per heavy atom. The predicted octanol–water partition coefficient (Wildman–Crippen LogP) is 4.72. The van der Waals surface area contributed by atoms with Crippen LogP contribution >= 0.6 is 27.3 Å². The first kappa shape index (κ1) is 18.7. The maximum absolute atomic E-state index is 12.2. The predicted molar refractivity (Wildman–Crippen MR) is 101 cm³/mol. The minimum absolute atomic E-state index is 0.0314. The third kappa shape index (κ3) is 4.45. The van der Waals surface area contributed by atoms with Crippen LogP contribution in [0.2, 0.25) is 0 Å². The number of nitrogens with one attached hydrogen (secondary N) is 1. The monoisotopic (exact) mass is 409 g/mol. The van der Waals surface area contributed by atoms with E-state index in [2.05, 4.69) is 35.1 Å². The number of rotatable bonds is 7. The lowest BCUT2D eigenvalue weighted by Gasteiger charge is -2.14. The normalized spacial score (nSPS) is 10.8. The highest BCUT2D eigenvalue weighted by molar-refractivity contribution is 9.10. The van der Waals surface area contributed by atoms with Gasteiger partial charge in [0.1, 0.15) is 0 Å². The summed E-state index contributed by atoms with van der Waals surface area (Å²) in [4.78, 5) is 24.2. The Morgan fingerprint density at radius 2 is 1.83 bits per heavy atom. The van der Waals surface area contributed by atoms with Crippen LogP contribution in [-0.2, 0) is 11.2 Å². The molecular weight excluding hydrogens is 390 g/mol. The number of carbonyl (C=O) groups is 2. The van der Waals surface area contributed by atoms with Crippen LogP contribution < -0.4 is 5.32 Å². The molecule has 0 aliphatic heterocycles. The van der Waals surface area contributed by atoms with Gasteiger partial charge in [0.15, 0.2) is 0 Å². The van der Waals surface area contributed by atoms with E-state index in [-0.39, 0.29) is 18.4 Å². The minimum atomic E-state index is -0.864. The number of aliphatic carboxylic acids is 1. The standard InChI is InChI=1S/C18H20BrNO3S/c1-3-13(4-2)20-18(23)12-7-5-11(6-8-12)17-14(9-16(21)22)15(19)10-24-17/h5-8,10,13H,3-4,9H2,1-2H3,(H,20,23)(H,21,22). The third-order valence-electron chi connectivity index (χ3n) is 3.90. The van der Waals surface area contributed by atoms with Gasteiger partial charge >= 0.3 is 5.97 Å². The van der Waals surface area contributed by atoms with Gasteiger partial charge in [-0.3, -0.25) is 9.59 Å². The second-order valence-corrected chi connectivity index (χ2v) is 7.26. The summed E-state index contributed by atoms with van der Waals surface area (Å²) in [7, 11) is 0. The molecule has 0 fully saturated rings. The first-order valence-corrected chi connectivity index (χ1v) is 9.52. The topological polar surface area (TPSA) is 66.4 Å². The van der Waals surface area contributed by atoms with Crippen LogP contribution in [0.25, 0.3) is 10.4 Å². The van der Waals surface area contributed by atoms with Crippen LogP contribution in [0.3, 0.4) is 0 Å². The van der Waals surface area contributed by atoms with Gasteiger partial charge in [-0.2, -0.15) is 0 Å². The molecule has 0 radical (unpaired) electrons. The van der Waals surface area contributed by atoms with Gasteiger partial charge in [0.25, 0.3) is 5.91 Å². The average Bonchev–Trinajstić information content (AvgIpc) is 2.93. The molecule has 0 spiro atoms. The lowest BCUT2D eigenvalue weighted by atomic mass is 10.0. The highest BCUT2D eigenvalue weighted by Gasteiger charge is 2.16. The number of carboxylic acids is 1. The molecule has 0 bridgehead atoms. The number of hydrogen-bond donors (Lipinski definition) is 2. The molecule has 2 rings (SSSR count). The van der Waals surface area contributed by atoms with Crippen molar-refractivity contribution in [3.05, 3.63) is 45.2 Å². The Morgan fingerprint density at radius 3 is 2.38 bits per heavy atom. The zero-order chi connectivity index (χ0) is 17.7. The molecule has 2 aromatic rings. The van der Waals surface area contributed by atoms with Crippen LogP contribution in [0.4, 0.5) is 0 Å². The van der Waals surface area contributed by atoms with E-state index >= 15 is 0 Å². The number of carbonyl (C=O) groups excluding carboxylic acids is 1.